The smallest absolute Gasteiger partial charge is 0.315 e. The first kappa shape index (κ1) is 23.5. The molecule has 2 aromatic rings. The van der Waals surface area contributed by atoms with Crippen molar-refractivity contribution in [3.05, 3.63) is 71.8 Å². The van der Waals surface area contributed by atoms with Gasteiger partial charge in [0.05, 0.1) is 0 Å². The highest BCUT2D eigenvalue weighted by atomic mass is 16.2. The van der Waals surface area contributed by atoms with Gasteiger partial charge in [-0.1, -0.05) is 87.9 Å². The lowest BCUT2D eigenvalue weighted by Gasteiger charge is -2.23. The van der Waals surface area contributed by atoms with Crippen molar-refractivity contribution in [3.63, 3.8) is 0 Å². The number of urea groups is 1. The molecule has 0 radical (unpaired) electrons. The van der Waals surface area contributed by atoms with Gasteiger partial charge in [-0.05, 0) is 29.9 Å². The van der Waals surface area contributed by atoms with E-state index in [2.05, 4.69) is 47.1 Å². The molecule has 2 rings (SSSR count). The van der Waals surface area contributed by atoms with Gasteiger partial charge in [-0.15, -0.1) is 0 Å². The summed E-state index contributed by atoms with van der Waals surface area (Å²) in [4.78, 5) is 24.8. The zero-order chi connectivity index (χ0) is 21.8. The van der Waals surface area contributed by atoms with E-state index in [4.69, 9.17) is 0 Å². The van der Waals surface area contributed by atoms with Gasteiger partial charge in [-0.3, -0.25) is 4.79 Å². The van der Waals surface area contributed by atoms with Crippen molar-refractivity contribution in [1.29, 1.82) is 0 Å². The summed E-state index contributed by atoms with van der Waals surface area (Å²) in [6.07, 6.45) is 2.72. The molecule has 0 aliphatic heterocycles. The third kappa shape index (κ3) is 7.54. The predicted molar refractivity (Wildman–Crippen MR) is 122 cm³/mol. The Balaban J connectivity index is 1.95. The van der Waals surface area contributed by atoms with Crippen LogP contribution in [-0.2, 0) is 4.79 Å². The number of hydrogen-bond acceptors (Lipinski definition) is 2. The number of carbonyl (C=O) groups excluding carboxylic acids is 2. The van der Waals surface area contributed by atoms with Crippen LogP contribution in [0.3, 0.4) is 0 Å². The number of benzene rings is 2. The molecule has 0 aliphatic rings. The first-order valence-electron chi connectivity index (χ1n) is 10.9. The second-order valence-corrected chi connectivity index (χ2v) is 7.93. The summed E-state index contributed by atoms with van der Waals surface area (Å²) in [5.41, 5.74) is 2.46. The summed E-state index contributed by atoms with van der Waals surface area (Å²) in [7, 11) is 0. The Labute approximate surface area is 180 Å². The van der Waals surface area contributed by atoms with Crippen LogP contribution in [0, 0.1) is 5.92 Å². The number of rotatable bonds is 11. The van der Waals surface area contributed by atoms with Crippen LogP contribution in [0.1, 0.15) is 57.1 Å². The van der Waals surface area contributed by atoms with Crippen molar-refractivity contribution in [2.45, 2.75) is 52.0 Å². The molecule has 3 amide bonds. The second kappa shape index (κ2) is 12.7. The Morgan fingerprint density at radius 1 is 0.833 bits per heavy atom. The highest BCUT2D eigenvalue weighted by Gasteiger charge is 2.24. The van der Waals surface area contributed by atoms with Crippen LogP contribution < -0.4 is 16.0 Å². The van der Waals surface area contributed by atoms with Crippen LogP contribution in [0.2, 0.25) is 0 Å². The van der Waals surface area contributed by atoms with E-state index < -0.39 is 6.04 Å². The Morgan fingerprint density at radius 2 is 1.40 bits per heavy atom. The maximum absolute atomic E-state index is 12.8. The topological polar surface area (TPSA) is 70.2 Å². The molecule has 0 heterocycles. The van der Waals surface area contributed by atoms with E-state index in [1.807, 2.05) is 50.2 Å². The van der Waals surface area contributed by atoms with E-state index in [0.29, 0.717) is 13.1 Å². The van der Waals surface area contributed by atoms with Crippen LogP contribution in [-0.4, -0.2) is 31.1 Å². The fourth-order valence-electron chi connectivity index (χ4n) is 3.45. The van der Waals surface area contributed by atoms with Crippen molar-refractivity contribution < 1.29 is 9.59 Å². The molecule has 0 bridgehead atoms. The molecule has 0 saturated heterocycles. The number of nitrogens with one attached hydrogen (secondary N) is 3. The average molecular weight is 410 g/mol. The van der Waals surface area contributed by atoms with Gasteiger partial charge in [0, 0.05) is 19.0 Å². The molecule has 2 aromatic carbocycles. The van der Waals surface area contributed by atoms with E-state index in [1.165, 1.54) is 11.1 Å². The predicted octanol–water partition coefficient (Wildman–Crippen LogP) is 4.45. The van der Waals surface area contributed by atoms with E-state index >= 15 is 0 Å². The number of amides is 3. The third-order valence-electron chi connectivity index (χ3n) is 5.19. The van der Waals surface area contributed by atoms with Crippen molar-refractivity contribution in [2.24, 2.45) is 5.92 Å². The van der Waals surface area contributed by atoms with Crippen LogP contribution in [0.15, 0.2) is 60.7 Å². The van der Waals surface area contributed by atoms with E-state index in [1.54, 1.807) is 0 Å². The summed E-state index contributed by atoms with van der Waals surface area (Å²) in [6, 6.07) is 19.8. The molecule has 0 spiro atoms. The minimum absolute atomic E-state index is 0.000897. The monoisotopic (exact) mass is 409 g/mol. The summed E-state index contributed by atoms with van der Waals surface area (Å²) in [6.45, 7) is 7.10. The van der Waals surface area contributed by atoms with Gasteiger partial charge < -0.3 is 16.0 Å². The first-order valence-corrected chi connectivity index (χ1v) is 10.9. The molecule has 162 valence electrons. The van der Waals surface area contributed by atoms with Gasteiger partial charge in [0.15, 0.2) is 0 Å². The summed E-state index contributed by atoms with van der Waals surface area (Å²) >= 11 is 0. The minimum atomic E-state index is -0.557. The molecule has 0 saturated carbocycles. The Hall–Kier alpha value is -2.82. The van der Waals surface area contributed by atoms with E-state index in [9.17, 15) is 9.59 Å². The van der Waals surface area contributed by atoms with Crippen LogP contribution >= 0.6 is 0 Å². The van der Waals surface area contributed by atoms with Crippen molar-refractivity contribution in [1.82, 2.24) is 16.0 Å². The summed E-state index contributed by atoms with van der Waals surface area (Å²) < 4.78 is 0. The molecule has 5 heteroatoms. The second-order valence-electron chi connectivity index (χ2n) is 7.93. The molecule has 3 N–H and O–H groups in total. The maximum Gasteiger partial charge on any atom is 0.315 e. The number of hydrogen-bond donors (Lipinski definition) is 3. The lowest BCUT2D eigenvalue weighted by Crippen LogP contribution is -2.52. The highest BCUT2D eigenvalue weighted by Crippen LogP contribution is 2.27. The molecule has 0 aromatic heterocycles. The van der Waals surface area contributed by atoms with Gasteiger partial charge >= 0.3 is 6.03 Å². The normalized spacial score (nSPS) is 11.9. The first-order chi connectivity index (χ1) is 14.5. The Morgan fingerprint density at radius 3 is 1.90 bits per heavy atom. The highest BCUT2D eigenvalue weighted by molar-refractivity contribution is 5.87. The van der Waals surface area contributed by atoms with Crippen molar-refractivity contribution in [2.75, 3.05) is 13.1 Å². The van der Waals surface area contributed by atoms with Crippen LogP contribution in [0.4, 0.5) is 4.79 Å². The molecular formula is C25H35N3O2. The molecular weight excluding hydrogens is 374 g/mol. The van der Waals surface area contributed by atoms with Crippen molar-refractivity contribution in [3.8, 4) is 0 Å². The minimum Gasteiger partial charge on any atom is -0.354 e. The SMILES string of the molecule is CCCCNC(=O)NC(C(=O)NCCC(c1ccccc1)c1ccccc1)C(C)C. The largest absolute Gasteiger partial charge is 0.354 e. The molecule has 1 atom stereocenters. The zero-order valence-corrected chi connectivity index (χ0v) is 18.4. The summed E-state index contributed by atoms with van der Waals surface area (Å²) in [5, 5.41) is 8.65. The van der Waals surface area contributed by atoms with Gasteiger partial charge in [-0.2, -0.15) is 0 Å². The molecule has 0 fully saturated rings. The van der Waals surface area contributed by atoms with Crippen LogP contribution in [0.25, 0.3) is 0 Å². The van der Waals surface area contributed by atoms with Crippen LogP contribution in [0.5, 0.6) is 0 Å². The van der Waals surface area contributed by atoms with Gasteiger partial charge in [-0.25, -0.2) is 4.79 Å². The standard InChI is InChI=1S/C25H35N3O2/c1-4-5-17-27-25(30)28-23(19(2)3)24(29)26-18-16-22(20-12-8-6-9-13-20)21-14-10-7-11-15-21/h6-15,19,22-23H,4-5,16-18H2,1-3H3,(H,26,29)(H2,27,28,30). The molecule has 5 nitrogen and oxygen atoms in total. The third-order valence-corrected chi connectivity index (χ3v) is 5.19. The quantitative estimate of drug-likeness (QED) is 0.480. The lowest BCUT2D eigenvalue weighted by atomic mass is 9.88. The Kier molecular flexibility index (Phi) is 9.92. The van der Waals surface area contributed by atoms with Gasteiger partial charge in [0.25, 0.3) is 0 Å². The Bertz CT molecular complexity index is 723. The molecule has 0 aliphatic carbocycles. The average Bonchev–Trinajstić information content (AvgIpc) is 2.76. The fraction of sp³-hybridized carbons (Fsp3) is 0.440. The van der Waals surface area contributed by atoms with E-state index in [0.717, 1.165) is 19.3 Å². The molecule has 30 heavy (non-hydrogen) atoms. The molecule has 1 unspecified atom stereocenters. The maximum atomic E-state index is 12.8. The zero-order valence-electron chi connectivity index (χ0n) is 18.4. The van der Waals surface area contributed by atoms with Crippen molar-refractivity contribution >= 4 is 11.9 Å². The number of carbonyl (C=O) groups is 2. The van der Waals surface area contributed by atoms with Gasteiger partial charge in [0.1, 0.15) is 6.04 Å². The number of unbranched alkanes of at least 4 members (excludes halogenated alkanes) is 1. The van der Waals surface area contributed by atoms with Gasteiger partial charge in [0.2, 0.25) is 5.91 Å². The fourth-order valence-corrected chi connectivity index (χ4v) is 3.45. The van der Waals surface area contributed by atoms with E-state index in [-0.39, 0.29) is 23.8 Å². The summed E-state index contributed by atoms with van der Waals surface area (Å²) in [5.74, 6) is 0.0620. The lowest BCUT2D eigenvalue weighted by molar-refractivity contribution is -0.123.